The molecule has 2 aromatic heterocycles. The van der Waals surface area contributed by atoms with Gasteiger partial charge in [0.15, 0.2) is 0 Å². The van der Waals surface area contributed by atoms with Crippen molar-refractivity contribution in [3.63, 3.8) is 0 Å². The molecule has 3 rings (SSSR count). The molecule has 1 saturated carbocycles. The van der Waals surface area contributed by atoms with Crippen molar-refractivity contribution in [3.8, 4) is 5.69 Å². The molecule has 0 unspecified atom stereocenters. The van der Waals surface area contributed by atoms with Crippen molar-refractivity contribution >= 4 is 0 Å². The summed E-state index contributed by atoms with van der Waals surface area (Å²) in [4.78, 5) is 0. The maximum Gasteiger partial charge on any atom is 0.107 e. The van der Waals surface area contributed by atoms with Crippen molar-refractivity contribution in [2.75, 3.05) is 6.54 Å². The SMILES string of the molecule is CCc1nn(C)cc1-n1cc(CNCC2CC2)nn1. The minimum atomic E-state index is 0.790. The van der Waals surface area contributed by atoms with E-state index in [1.165, 1.54) is 12.8 Å². The van der Waals surface area contributed by atoms with Gasteiger partial charge in [-0.2, -0.15) is 5.10 Å². The average Bonchev–Trinajstić information content (AvgIpc) is 2.97. The first-order valence-corrected chi connectivity index (χ1v) is 6.91. The fraction of sp³-hybridized carbons (Fsp3) is 0.615. The first kappa shape index (κ1) is 12.3. The zero-order valence-electron chi connectivity index (χ0n) is 11.5. The quantitative estimate of drug-likeness (QED) is 0.843. The van der Waals surface area contributed by atoms with E-state index in [-0.39, 0.29) is 0 Å². The average molecular weight is 260 g/mol. The van der Waals surface area contributed by atoms with Gasteiger partial charge in [-0.3, -0.25) is 4.68 Å². The van der Waals surface area contributed by atoms with Crippen LogP contribution in [0.5, 0.6) is 0 Å². The summed E-state index contributed by atoms with van der Waals surface area (Å²) in [5, 5.41) is 16.2. The lowest BCUT2D eigenvalue weighted by Gasteiger charge is -1.99. The molecular formula is C13H20N6. The summed E-state index contributed by atoms with van der Waals surface area (Å²) in [6, 6.07) is 0. The summed E-state index contributed by atoms with van der Waals surface area (Å²) in [6.45, 7) is 3.99. The Balaban J connectivity index is 1.68. The standard InChI is InChI=1S/C13H20N6/c1-3-12-13(9-18(2)16-12)19-8-11(15-17-19)7-14-6-10-4-5-10/h8-10,14H,3-7H2,1-2H3. The lowest BCUT2D eigenvalue weighted by Crippen LogP contribution is -2.16. The highest BCUT2D eigenvalue weighted by molar-refractivity contribution is 5.33. The van der Waals surface area contributed by atoms with E-state index in [0.29, 0.717) is 0 Å². The summed E-state index contributed by atoms with van der Waals surface area (Å²) in [6.07, 6.45) is 7.60. The number of nitrogens with one attached hydrogen (secondary N) is 1. The van der Waals surface area contributed by atoms with Gasteiger partial charge in [0.1, 0.15) is 5.69 Å². The third-order valence-electron chi connectivity index (χ3n) is 3.44. The van der Waals surface area contributed by atoms with E-state index >= 15 is 0 Å². The maximum atomic E-state index is 4.42. The summed E-state index contributed by atoms with van der Waals surface area (Å²) < 4.78 is 3.64. The molecule has 2 heterocycles. The van der Waals surface area contributed by atoms with Gasteiger partial charge in [0.25, 0.3) is 0 Å². The molecule has 0 amide bonds. The first-order valence-electron chi connectivity index (χ1n) is 6.91. The Labute approximate surface area is 112 Å². The largest absolute Gasteiger partial charge is 0.311 e. The van der Waals surface area contributed by atoms with E-state index < -0.39 is 0 Å². The van der Waals surface area contributed by atoms with Gasteiger partial charge >= 0.3 is 0 Å². The van der Waals surface area contributed by atoms with Crippen LogP contribution in [0, 0.1) is 5.92 Å². The van der Waals surface area contributed by atoms with E-state index in [1.807, 2.05) is 28.8 Å². The zero-order chi connectivity index (χ0) is 13.2. The third-order valence-corrected chi connectivity index (χ3v) is 3.44. The maximum absolute atomic E-state index is 4.42. The van der Waals surface area contributed by atoms with Gasteiger partial charge in [0.2, 0.25) is 0 Å². The van der Waals surface area contributed by atoms with Crippen molar-refractivity contribution in [1.82, 2.24) is 30.1 Å². The molecule has 1 N–H and O–H groups in total. The number of rotatable bonds is 6. The van der Waals surface area contributed by atoms with E-state index in [1.54, 1.807) is 0 Å². The van der Waals surface area contributed by atoms with Crippen molar-refractivity contribution < 1.29 is 0 Å². The first-order chi connectivity index (χ1) is 9.26. The van der Waals surface area contributed by atoms with Gasteiger partial charge in [0.05, 0.1) is 23.8 Å². The van der Waals surface area contributed by atoms with E-state index in [0.717, 1.165) is 42.5 Å². The van der Waals surface area contributed by atoms with Gasteiger partial charge < -0.3 is 5.32 Å². The molecule has 0 aromatic carbocycles. The lowest BCUT2D eigenvalue weighted by molar-refractivity contribution is 0.628. The molecule has 1 fully saturated rings. The van der Waals surface area contributed by atoms with Crippen LogP contribution in [0.15, 0.2) is 12.4 Å². The van der Waals surface area contributed by atoms with Crippen LogP contribution >= 0.6 is 0 Å². The molecule has 0 bridgehead atoms. The number of hydrogen-bond donors (Lipinski definition) is 1. The Morgan fingerprint density at radius 1 is 1.37 bits per heavy atom. The van der Waals surface area contributed by atoms with Gasteiger partial charge in [-0.15, -0.1) is 5.10 Å². The number of nitrogens with zero attached hydrogens (tertiary/aromatic N) is 5. The minimum Gasteiger partial charge on any atom is -0.311 e. The molecule has 0 saturated heterocycles. The smallest absolute Gasteiger partial charge is 0.107 e. The van der Waals surface area contributed by atoms with E-state index in [4.69, 9.17) is 0 Å². The highest BCUT2D eigenvalue weighted by atomic mass is 15.4. The molecule has 19 heavy (non-hydrogen) atoms. The van der Waals surface area contributed by atoms with Gasteiger partial charge in [0, 0.05) is 13.6 Å². The second-order valence-corrected chi connectivity index (χ2v) is 5.22. The number of aryl methyl sites for hydroxylation is 2. The molecule has 0 radical (unpaired) electrons. The third kappa shape index (κ3) is 2.84. The van der Waals surface area contributed by atoms with E-state index in [2.05, 4.69) is 27.7 Å². The van der Waals surface area contributed by atoms with Crippen LogP contribution in [0.2, 0.25) is 0 Å². The Bertz CT molecular complexity index is 551. The van der Waals surface area contributed by atoms with Crippen LogP contribution < -0.4 is 5.32 Å². The summed E-state index contributed by atoms with van der Waals surface area (Å²) in [5.41, 5.74) is 3.04. The summed E-state index contributed by atoms with van der Waals surface area (Å²) in [7, 11) is 1.93. The number of hydrogen-bond acceptors (Lipinski definition) is 4. The molecule has 0 aliphatic heterocycles. The predicted molar refractivity (Wildman–Crippen MR) is 71.9 cm³/mol. The molecular weight excluding hydrogens is 240 g/mol. The van der Waals surface area contributed by atoms with Crippen molar-refractivity contribution in [2.45, 2.75) is 32.7 Å². The Morgan fingerprint density at radius 3 is 2.95 bits per heavy atom. The number of aromatic nitrogens is 5. The molecule has 1 aliphatic carbocycles. The Kier molecular flexibility index (Phi) is 3.33. The van der Waals surface area contributed by atoms with Gasteiger partial charge in [-0.25, -0.2) is 4.68 Å². The zero-order valence-corrected chi connectivity index (χ0v) is 11.5. The second kappa shape index (κ2) is 5.13. The molecule has 1 aliphatic rings. The van der Waals surface area contributed by atoms with Crippen LogP contribution in [-0.2, 0) is 20.0 Å². The van der Waals surface area contributed by atoms with Crippen LogP contribution in [0.1, 0.15) is 31.2 Å². The molecule has 102 valence electrons. The fourth-order valence-corrected chi connectivity index (χ4v) is 2.19. The van der Waals surface area contributed by atoms with E-state index in [9.17, 15) is 0 Å². The van der Waals surface area contributed by atoms with Crippen LogP contribution in [0.4, 0.5) is 0 Å². The Morgan fingerprint density at radius 2 is 2.21 bits per heavy atom. The van der Waals surface area contributed by atoms with Gasteiger partial charge in [-0.1, -0.05) is 12.1 Å². The molecule has 0 atom stereocenters. The normalized spacial score (nSPS) is 15.1. The topological polar surface area (TPSA) is 60.6 Å². The summed E-state index contributed by atoms with van der Waals surface area (Å²) in [5.74, 6) is 0.889. The Hall–Kier alpha value is -1.69. The lowest BCUT2D eigenvalue weighted by atomic mass is 10.3. The van der Waals surface area contributed by atoms with Crippen LogP contribution in [0.25, 0.3) is 5.69 Å². The fourth-order valence-electron chi connectivity index (χ4n) is 2.19. The molecule has 6 nitrogen and oxygen atoms in total. The molecule has 2 aromatic rings. The van der Waals surface area contributed by atoms with Crippen LogP contribution in [-0.4, -0.2) is 31.3 Å². The highest BCUT2D eigenvalue weighted by Crippen LogP contribution is 2.27. The van der Waals surface area contributed by atoms with Crippen LogP contribution in [0.3, 0.4) is 0 Å². The van der Waals surface area contributed by atoms with Crippen molar-refractivity contribution in [3.05, 3.63) is 23.8 Å². The molecule has 0 spiro atoms. The summed E-state index contributed by atoms with van der Waals surface area (Å²) >= 11 is 0. The minimum absolute atomic E-state index is 0.790. The van der Waals surface area contributed by atoms with Crippen molar-refractivity contribution in [2.24, 2.45) is 13.0 Å². The molecule has 6 heteroatoms. The second-order valence-electron chi connectivity index (χ2n) is 5.22. The van der Waals surface area contributed by atoms with Crippen molar-refractivity contribution in [1.29, 1.82) is 0 Å². The monoisotopic (exact) mass is 260 g/mol. The van der Waals surface area contributed by atoms with Gasteiger partial charge in [-0.05, 0) is 31.7 Å². The predicted octanol–water partition coefficient (Wildman–Crippen LogP) is 1.06. The highest BCUT2D eigenvalue weighted by Gasteiger charge is 2.20.